The van der Waals surface area contributed by atoms with E-state index in [1.54, 1.807) is 0 Å². The lowest BCUT2D eigenvalue weighted by Gasteiger charge is -2.40. The fourth-order valence-corrected chi connectivity index (χ4v) is 3.41. The molecule has 0 unspecified atom stereocenters. The molecule has 1 aromatic rings. The number of anilines is 1. The molecule has 1 N–H and O–H groups in total. The number of hydrogen-bond donors (Lipinski definition) is 1. The van der Waals surface area contributed by atoms with Crippen molar-refractivity contribution < 1.29 is 0 Å². The molecule has 2 aliphatic rings. The summed E-state index contributed by atoms with van der Waals surface area (Å²) in [6.07, 6.45) is 11.9. The normalized spacial score (nSPS) is 22.2. The first-order valence-electron chi connectivity index (χ1n) is 8.44. The minimum atomic E-state index is 0.534. The van der Waals surface area contributed by atoms with Crippen molar-refractivity contribution in [2.45, 2.75) is 71.0 Å². The molecule has 0 amide bonds. The van der Waals surface area contributed by atoms with Crippen LogP contribution in [0.1, 0.15) is 57.9 Å². The first-order valence-corrected chi connectivity index (χ1v) is 8.44. The van der Waals surface area contributed by atoms with Gasteiger partial charge in [-0.15, -0.1) is 0 Å². The molecular formula is C18H29N3. The monoisotopic (exact) mass is 287 g/mol. The van der Waals surface area contributed by atoms with Crippen LogP contribution in [0.3, 0.4) is 0 Å². The molecule has 0 aliphatic heterocycles. The van der Waals surface area contributed by atoms with E-state index in [0.717, 1.165) is 12.6 Å². The van der Waals surface area contributed by atoms with E-state index in [-0.39, 0.29) is 0 Å². The highest BCUT2D eigenvalue weighted by atomic mass is 15.1. The summed E-state index contributed by atoms with van der Waals surface area (Å²) in [5.74, 6) is 0. The lowest BCUT2D eigenvalue weighted by atomic mass is 9.75. The minimum Gasteiger partial charge on any atom is -0.371 e. The molecule has 3 nitrogen and oxygen atoms in total. The Morgan fingerprint density at radius 2 is 1.95 bits per heavy atom. The van der Waals surface area contributed by atoms with Crippen molar-refractivity contribution >= 4 is 5.69 Å². The van der Waals surface area contributed by atoms with Gasteiger partial charge in [0.05, 0.1) is 0 Å². The molecule has 2 aliphatic carbocycles. The Hall–Kier alpha value is -1.09. The van der Waals surface area contributed by atoms with Gasteiger partial charge in [0.1, 0.15) is 0 Å². The second-order valence-corrected chi connectivity index (χ2v) is 7.67. The third-order valence-corrected chi connectivity index (χ3v) is 5.27. The van der Waals surface area contributed by atoms with Crippen LogP contribution in [0.25, 0.3) is 0 Å². The summed E-state index contributed by atoms with van der Waals surface area (Å²) in [6, 6.07) is 3.61. The molecule has 2 fully saturated rings. The van der Waals surface area contributed by atoms with Gasteiger partial charge in [0.15, 0.2) is 0 Å². The fraction of sp³-hybridized carbons (Fsp3) is 0.722. The van der Waals surface area contributed by atoms with E-state index in [1.165, 1.54) is 49.8 Å². The summed E-state index contributed by atoms with van der Waals surface area (Å²) < 4.78 is 0. The Bertz CT molecular complexity index is 469. The topological polar surface area (TPSA) is 28.2 Å². The molecule has 0 spiro atoms. The van der Waals surface area contributed by atoms with Crippen LogP contribution in [0.2, 0.25) is 0 Å². The molecule has 0 aromatic carbocycles. The van der Waals surface area contributed by atoms with Gasteiger partial charge in [-0.25, -0.2) is 0 Å². The van der Waals surface area contributed by atoms with Crippen LogP contribution in [-0.4, -0.2) is 24.1 Å². The van der Waals surface area contributed by atoms with Gasteiger partial charge >= 0.3 is 0 Å². The maximum Gasteiger partial charge on any atom is 0.0442 e. The minimum absolute atomic E-state index is 0.534. The zero-order chi connectivity index (χ0) is 14.9. The van der Waals surface area contributed by atoms with Gasteiger partial charge in [0.2, 0.25) is 0 Å². The third-order valence-electron chi connectivity index (χ3n) is 5.27. The smallest absolute Gasteiger partial charge is 0.0442 e. The molecule has 3 heteroatoms. The van der Waals surface area contributed by atoms with Crippen LogP contribution in [0.5, 0.6) is 0 Å². The standard InChI is InChI=1S/C18H29N3/c1-18(2)9-6-16(7-10-18)21(3)17-8-11-19-12-14(17)13-20-15-4-5-15/h8,11-12,15-16,20H,4-7,9-10,13H2,1-3H3. The van der Waals surface area contributed by atoms with Crippen molar-refractivity contribution in [2.75, 3.05) is 11.9 Å². The summed E-state index contributed by atoms with van der Waals surface area (Å²) in [5.41, 5.74) is 3.24. The van der Waals surface area contributed by atoms with E-state index >= 15 is 0 Å². The lowest BCUT2D eigenvalue weighted by molar-refractivity contribution is 0.222. The quantitative estimate of drug-likeness (QED) is 0.894. The summed E-state index contributed by atoms with van der Waals surface area (Å²) in [4.78, 5) is 6.83. The largest absolute Gasteiger partial charge is 0.371 e. The molecule has 1 aromatic heterocycles. The van der Waals surface area contributed by atoms with E-state index in [2.05, 4.69) is 42.2 Å². The van der Waals surface area contributed by atoms with Gasteiger partial charge in [-0.2, -0.15) is 0 Å². The van der Waals surface area contributed by atoms with Crippen LogP contribution < -0.4 is 10.2 Å². The zero-order valence-electron chi connectivity index (χ0n) is 13.7. The lowest BCUT2D eigenvalue weighted by Crippen LogP contribution is -2.38. The van der Waals surface area contributed by atoms with Gasteiger partial charge in [-0.3, -0.25) is 4.98 Å². The zero-order valence-corrected chi connectivity index (χ0v) is 13.7. The van der Waals surface area contributed by atoms with Crippen LogP contribution in [-0.2, 0) is 6.54 Å². The van der Waals surface area contributed by atoms with Gasteiger partial charge in [-0.05, 0) is 50.0 Å². The Morgan fingerprint density at radius 1 is 1.24 bits per heavy atom. The average Bonchev–Trinajstić information content (AvgIpc) is 3.29. The Labute approximate surface area is 129 Å². The molecule has 116 valence electrons. The molecule has 0 bridgehead atoms. The van der Waals surface area contributed by atoms with Crippen molar-refractivity contribution in [3.63, 3.8) is 0 Å². The van der Waals surface area contributed by atoms with Gasteiger partial charge in [0, 0.05) is 49.3 Å². The predicted octanol–water partition coefficient (Wildman–Crippen LogP) is 3.74. The molecule has 21 heavy (non-hydrogen) atoms. The van der Waals surface area contributed by atoms with E-state index in [4.69, 9.17) is 0 Å². The van der Waals surface area contributed by atoms with Crippen molar-refractivity contribution in [2.24, 2.45) is 5.41 Å². The van der Waals surface area contributed by atoms with Crippen LogP contribution >= 0.6 is 0 Å². The molecular weight excluding hydrogens is 258 g/mol. The summed E-state index contributed by atoms with van der Waals surface area (Å²) in [7, 11) is 2.26. The van der Waals surface area contributed by atoms with Crippen LogP contribution in [0.15, 0.2) is 18.5 Å². The van der Waals surface area contributed by atoms with Gasteiger partial charge in [-0.1, -0.05) is 13.8 Å². The fourth-order valence-electron chi connectivity index (χ4n) is 3.41. The molecule has 0 atom stereocenters. The number of hydrogen-bond acceptors (Lipinski definition) is 3. The third kappa shape index (κ3) is 3.76. The first-order chi connectivity index (χ1) is 10.1. The number of pyridine rings is 1. The van der Waals surface area contributed by atoms with Crippen molar-refractivity contribution in [3.05, 3.63) is 24.0 Å². The predicted molar refractivity (Wildman–Crippen MR) is 88.5 cm³/mol. The number of aromatic nitrogens is 1. The van der Waals surface area contributed by atoms with E-state index < -0.39 is 0 Å². The SMILES string of the molecule is CN(c1ccncc1CNC1CC1)C1CCC(C)(C)CC1. The Balaban J connectivity index is 1.67. The summed E-state index contributed by atoms with van der Waals surface area (Å²) >= 11 is 0. The van der Waals surface area contributed by atoms with E-state index in [1.807, 2.05) is 12.4 Å². The van der Waals surface area contributed by atoms with Gasteiger partial charge < -0.3 is 10.2 Å². The number of nitrogens with zero attached hydrogens (tertiary/aromatic N) is 2. The van der Waals surface area contributed by atoms with Crippen molar-refractivity contribution in [3.8, 4) is 0 Å². The second kappa shape index (κ2) is 5.96. The Kier molecular flexibility index (Phi) is 4.21. The highest BCUT2D eigenvalue weighted by molar-refractivity contribution is 5.52. The van der Waals surface area contributed by atoms with Crippen LogP contribution in [0, 0.1) is 5.41 Å². The number of rotatable bonds is 5. The molecule has 3 rings (SSSR count). The average molecular weight is 287 g/mol. The van der Waals surface area contributed by atoms with Crippen LogP contribution in [0.4, 0.5) is 5.69 Å². The molecule has 0 saturated heterocycles. The summed E-state index contributed by atoms with van der Waals surface area (Å²) in [6.45, 7) is 5.76. The van der Waals surface area contributed by atoms with Crippen molar-refractivity contribution in [1.82, 2.24) is 10.3 Å². The maximum atomic E-state index is 4.33. The molecule has 0 radical (unpaired) electrons. The first kappa shape index (κ1) is 14.8. The van der Waals surface area contributed by atoms with E-state index in [9.17, 15) is 0 Å². The molecule has 2 saturated carbocycles. The highest BCUT2D eigenvalue weighted by Gasteiger charge is 2.29. The van der Waals surface area contributed by atoms with Gasteiger partial charge in [0.25, 0.3) is 0 Å². The Morgan fingerprint density at radius 3 is 2.62 bits per heavy atom. The molecule has 1 heterocycles. The maximum absolute atomic E-state index is 4.33. The van der Waals surface area contributed by atoms with Crippen molar-refractivity contribution in [1.29, 1.82) is 0 Å². The highest BCUT2D eigenvalue weighted by Crippen LogP contribution is 2.38. The number of nitrogens with one attached hydrogen (secondary N) is 1. The summed E-state index contributed by atoms with van der Waals surface area (Å²) in [5, 5.41) is 3.62. The second-order valence-electron chi connectivity index (χ2n) is 7.67. The van der Waals surface area contributed by atoms with E-state index in [0.29, 0.717) is 11.5 Å².